The highest BCUT2D eigenvalue weighted by Gasteiger charge is 2.51. The Hall–Kier alpha value is -1.17. The number of ether oxygens (including phenoxy) is 1. The van der Waals surface area contributed by atoms with Gasteiger partial charge in [0.25, 0.3) is 0 Å². The molecule has 2 saturated heterocycles. The van der Waals surface area contributed by atoms with E-state index in [1.165, 1.54) is 18.6 Å². The van der Waals surface area contributed by atoms with E-state index in [2.05, 4.69) is 5.32 Å². The van der Waals surface area contributed by atoms with Crippen LogP contribution in [0.5, 0.6) is 0 Å². The number of fused-ring (bicyclic) bond motifs is 1. The van der Waals surface area contributed by atoms with Gasteiger partial charge in [-0.2, -0.15) is 0 Å². The van der Waals surface area contributed by atoms with Gasteiger partial charge in [0, 0.05) is 13.1 Å². The maximum atomic E-state index is 13.4. The molecule has 0 spiro atoms. The molecule has 0 bridgehead atoms. The number of hydrogen-bond acceptors (Lipinski definition) is 3. The number of hydrogen-bond donors (Lipinski definition) is 1. The summed E-state index contributed by atoms with van der Waals surface area (Å²) in [6, 6.07) is 6.42. The van der Waals surface area contributed by atoms with E-state index < -0.39 is 0 Å². The highest BCUT2D eigenvalue weighted by atomic mass is 35.5. The first-order valence-corrected chi connectivity index (χ1v) is 9.06. The lowest BCUT2D eigenvalue weighted by Gasteiger charge is -2.43. The van der Waals surface area contributed by atoms with Crippen molar-refractivity contribution in [1.29, 1.82) is 0 Å². The Morgan fingerprint density at radius 3 is 2.88 bits per heavy atom. The Kier molecular flexibility index (Phi) is 5.66. The van der Waals surface area contributed by atoms with Gasteiger partial charge in [-0.3, -0.25) is 4.79 Å². The van der Waals surface area contributed by atoms with Crippen molar-refractivity contribution in [3.05, 3.63) is 35.6 Å². The fourth-order valence-electron chi connectivity index (χ4n) is 4.70. The molecule has 2 heterocycles. The number of halogens is 2. The third-order valence-electron chi connectivity index (χ3n) is 6.06. The van der Waals surface area contributed by atoms with Gasteiger partial charge in [0.1, 0.15) is 11.9 Å². The maximum Gasteiger partial charge on any atom is 0.230 e. The van der Waals surface area contributed by atoms with E-state index in [1.54, 1.807) is 12.1 Å². The van der Waals surface area contributed by atoms with Crippen molar-refractivity contribution in [3.8, 4) is 0 Å². The van der Waals surface area contributed by atoms with Gasteiger partial charge in [0.05, 0.1) is 18.6 Å². The van der Waals surface area contributed by atoms with E-state index >= 15 is 0 Å². The first-order valence-electron chi connectivity index (χ1n) is 9.06. The monoisotopic (exact) mass is 368 g/mol. The fourth-order valence-corrected chi connectivity index (χ4v) is 4.70. The van der Waals surface area contributed by atoms with E-state index in [4.69, 9.17) is 4.74 Å². The minimum Gasteiger partial charge on any atom is -0.370 e. The van der Waals surface area contributed by atoms with Crippen LogP contribution in [0.25, 0.3) is 0 Å². The Morgan fingerprint density at radius 1 is 1.28 bits per heavy atom. The smallest absolute Gasteiger partial charge is 0.230 e. The van der Waals surface area contributed by atoms with Crippen LogP contribution >= 0.6 is 12.4 Å². The Morgan fingerprint density at radius 2 is 2.08 bits per heavy atom. The zero-order valence-electron chi connectivity index (χ0n) is 14.4. The summed E-state index contributed by atoms with van der Waals surface area (Å²) in [5.74, 6) is 0.530. The Labute approximate surface area is 154 Å². The van der Waals surface area contributed by atoms with Gasteiger partial charge in [-0.05, 0) is 43.0 Å². The standard InChI is InChI=1S/C19H25FN2O2.ClH/c20-16-6-4-14(5-7-16)17-12-22(9-10-24-17)18(23)19-8-2-1-3-15(19)11-21-13-19;/h4-7,15,17,21H,1-3,8-13H2;1H/t15-,17?,19+;/m0./s1. The molecule has 1 aliphatic carbocycles. The molecule has 1 amide bonds. The molecule has 3 atom stereocenters. The van der Waals surface area contributed by atoms with Gasteiger partial charge in [-0.25, -0.2) is 4.39 Å². The molecule has 1 unspecified atom stereocenters. The van der Waals surface area contributed by atoms with Gasteiger partial charge < -0.3 is 15.0 Å². The number of carbonyl (C=O) groups is 1. The second-order valence-electron chi connectivity index (χ2n) is 7.39. The van der Waals surface area contributed by atoms with Crippen molar-refractivity contribution >= 4 is 18.3 Å². The van der Waals surface area contributed by atoms with E-state index in [-0.39, 0.29) is 29.7 Å². The van der Waals surface area contributed by atoms with Crippen molar-refractivity contribution < 1.29 is 13.9 Å². The molecular formula is C19H26ClFN2O2. The van der Waals surface area contributed by atoms with E-state index in [1.807, 2.05) is 4.90 Å². The molecule has 1 N–H and O–H groups in total. The third-order valence-corrected chi connectivity index (χ3v) is 6.06. The van der Waals surface area contributed by atoms with Gasteiger partial charge in [-0.1, -0.05) is 25.0 Å². The summed E-state index contributed by atoms with van der Waals surface area (Å²) in [5, 5.41) is 3.45. The van der Waals surface area contributed by atoms with Crippen molar-refractivity contribution in [2.45, 2.75) is 31.8 Å². The summed E-state index contributed by atoms with van der Waals surface area (Å²) >= 11 is 0. The summed E-state index contributed by atoms with van der Waals surface area (Å²) in [6.45, 7) is 3.55. The molecular weight excluding hydrogens is 343 g/mol. The van der Waals surface area contributed by atoms with Gasteiger partial charge >= 0.3 is 0 Å². The fraction of sp³-hybridized carbons (Fsp3) is 0.632. The van der Waals surface area contributed by atoms with Gasteiger partial charge in [0.15, 0.2) is 0 Å². The number of benzene rings is 1. The number of morpholine rings is 1. The Balaban J connectivity index is 0.00000182. The molecule has 2 aliphatic heterocycles. The lowest BCUT2D eigenvalue weighted by molar-refractivity contribution is -0.153. The largest absolute Gasteiger partial charge is 0.370 e. The van der Waals surface area contributed by atoms with Crippen molar-refractivity contribution in [1.82, 2.24) is 10.2 Å². The number of amides is 1. The van der Waals surface area contributed by atoms with Crippen LogP contribution in [0.2, 0.25) is 0 Å². The number of nitrogens with zero attached hydrogens (tertiary/aromatic N) is 1. The van der Waals surface area contributed by atoms with Crippen LogP contribution in [0.15, 0.2) is 24.3 Å². The maximum absolute atomic E-state index is 13.4. The molecule has 4 rings (SSSR count). The second kappa shape index (κ2) is 7.60. The predicted octanol–water partition coefficient (Wildman–Crippen LogP) is 2.93. The van der Waals surface area contributed by atoms with Crippen LogP contribution in [0, 0.1) is 17.2 Å². The minimum atomic E-state index is -0.247. The molecule has 4 nitrogen and oxygen atoms in total. The van der Waals surface area contributed by atoms with Crippen LogP contribution in [0.4, 0.5) is 4.39 Å². The quantitative estimate of drug-likeness (QED) is 0.872. The highest BCUT2D eigenvalue weighted by Crippen LogP contribution is 2.45. The molecule has 0 radical (unpaired) electrons. The number of rotatable bonds is 2. The summed E-state index contributed by atoms with van der Waals surface area (Å²) in [7, 11) is 0. The van der Waals surface area contributed by atoms with Crippen molar-refractivity contribution in [2.24, 2.45) is 11.3 Å². The third kappa shape index (κ3) is 3.42. The van der Waals surface area contributed by atoms with Crippen LogP contribution in [-0.4, -0.2) is 43.6 Å². The average Bonchev–Trinajstić information content (AvgIpc) is 3.07. The molecule has 1 aromatic carbocycles. The molecule has 3 fully saturated rings. The normalized spacial score (nSPS) is 32.0. The minimum absolute atomic E-state index is 0. The average molecular weight is 369 g/mol. The summed E-state index contributed by atoms with van der Waals surface area (Å²) < 4.78 is 19.0. The lowest BCUT2D eigenvalue weighted by Crippen LogP contribution is -2.53. The van der Waals surface area contributed by atoms with E-state index in [0.717, 1.165) is 37.9 Å². The Bertz CT molecular complexity index is 612. The van der Waals surface area contributed by atoms with Crippen LogP contribution in [-0.2, 0) is 9.53 Å². The molecule has 1 saturated carbocycles. The number of carbonyl (C=O) groups excluding carboxylic acids is 1. The molecule has 1 aromatic rings. The first-order chi connectivity index (χ1) is 11.7. The number of nitrogens with one attached hydrogen (secondary N) is 1. The molecule has 0 aromatic heterocycles. The molecule has 25 heavy (non-hydrogen) atoms. The van der Waals surface area contributed by atoms with Gasteiger partial charge in [0.2, 0.25) is 5.91 Å². The zero-order chi connectivity index (χ0) is 16.6. The summed E-state index contributed by atoms with van der Waals surface area (Å²) in [6.07, 6.45) is 4.39. The van der Waals surface area contributed by atoms with E-state index in [9.17, 15) is 9.18 Å². The van der Waals surface area contributed by atoms with Crippen LogP contribution < -0.4 is 5.32 Å². The molecule has 6 heteroatoms. The second-order valence-corrected chi connectivity index (χ2v) is 7.39. The molecule has 138 valence electrons. The van der Waals surface area contributed by atoms with Crippen molar-refractivity contribution in [2.75, 3.05) is 32.8 Å². The first kappa shape index (κ1) is 18.6. The van der Waals surface area contributed by atoms with E-state index in [0.29, 0.717) is 31.5 Å². The van der Waals surface area contributed by atoms with Crippen LogP contribution in [0.3, 0.4) is 0 Å². The summed E-state index contributed by atoms with van der Waals surface area (Å²) in [5.41, 5.74) is 0.735. The SMILES string of the molecule is Cl.O=C(N1CCOC(c2ccc(F)cc2)C1)[C@@]12CCCC[C@H]1CNC2. The molecule has 3 aliphatic rings. The van der Waals surface area contributed by atoms with Crippen molar-refractivity contribution in [3.63, 3.8) is 0 Å². The summed E-state index contributed by atoms with van der Waals surface area (Å²) in [4.78, 5) is 15.3. The van der Waals surface area contributed by atoms with Gasteiger partial charge in [-0.15, -0.1) is 12.4 Å². The lowest BCUT2D eigenvalue weighted by atomic mass is 9.67. The zero-order valence-corrected chi connectivity index (χ0v) is 15.2. The highest BCUT2D eigenvalue weighted by molar-refractivity contribution is 5.85. The van der Waals surface area contributed by atoms with Crippen LogP contribution in [0.1, 0.15) is 37.4 Å². The topological polar surface area (TPSA) is 41.6 Å². The predicted molar refractivity (Wildman–Crippen MR) is 96.2 cm³/mol.